The minimum absolute atomic E-state index is 0.773. The van der Waals surface area contributed by atoms with Crippen LogP contribution in [0.5, 0.6) is 0 Å². The maximum absolute atomic E-state index is 6.22. The number of rotatable bonds is 12. The van der Waals surface area contributed by atoms with Gasteiger partial charge in [0.05, 0.1) is 0 Å². The van der Waals surface area contributed by atoms with E-state index in [-0.39, 0.29) is 0 Å². The lowest BCUT2D eigenvalue weighted by molar-refractivity contribution is 0.0748. The molecular weight excluding hydrogens is 352 g/mol. The summed E-state index contributed by atoms with van der Waals surface area (Å²) in [7, 11) is -1.93. The summed E-state index contributed by atoms with van der Waals surface area (Å²) in [5.74, 6) is 2.74. The molecule has 0 aliphatic heterocycles. The molecule has 0 saturated heterocycles. The second-order valence-electron chi connectivity index (χ2n) is 8.86. The quantitative estimate of drug-likeness (QED) is 0.276. The highest BCUT2D eigenvalue weighted by Crippen LogP contribution is 2.40. The third kappa shape index (κ3) is 9.43. The SMILES string of the molecule is CCCO[SiH](OCCC)OCCC(C1CCCCCC1)C1CCCCCC1. The van der Waals surface area contributed by atoms with Crippen molar-refractivity contribution in [1.82, 2.24) is 0 Å². The van der Waals surface area contributed by atoms with E-state index >= 15 is 0 Å². The average molecular weight is 399 g/mol. The fourth-order valence-corrected chi connectivity index (χ4v) is 6.68. The maximum Gasteiger partial charge on any atom is 0.484 e. The standard InChI is InChI=1S/C23H46O3Si/c1-3-18-24-27(25-19-4-2)26-20-17-23(21-13-9-5-6-10-14-21)22-15-11-7-8-12-16-22/h21-23,27H,3-20H2,1-2H3. The lowest BCUT2D eigenvalue weighted by atomic mass is 9.73. The zero-order chi connectivity index (χ0) is 19.2. The van der Waals surface area contributed by atoms with Gasteiger partial charge in [-0.15, -0.1) is 0 Å². The molecule has 3 nitrogen and oxygen atoms in total. The second-order valence-corrected chi connectivity index (χ2v) is 10.4. The van der Waals surface area contributed by atoms with E-state index < -0.39 is 9.53 Å². The van der Waals surface area contributed by atoms with E-state index in [0.29, 0.717) is 0 Å². The third-order valence-electron chi connectivity index (χ3n) is 6.63. The Morgan fingerprint density at radius 1 is 0.630 bits per heavy atom. The molecule has 0 amide bonds. The normalized spacial score (nSPS) is 20.9. The minimum atomic E-state index is -1.93. The first-order chi connectivity index (χ1) is 13.3. The van der Waals surface area contributed by atoms with Crippen molar-refractivity contribution in [3.05, 3.63) is 0 Å². The Balaban J connectivity index is 1.88. The molecule has 2 saturated carbocycles. The molecule has 0 heterocycles. The molecule has 0 N–H and O–H groups in total. The summed E-state index contributed by atoms with van der Waals surface area (Å²) in [6.45, 7) is 6.70. The highest BCUT2D eigenvalue weighted by atomic mass is 28.3. The molecule has 0 bridgehead atoms. The van der Waals surface area contributed by atoms with E-state index in [2.05, 4.69) is 13.8 Å². The van der Waals surface area contributed by atoms with Crippen LogP contribution in [0.2, 0.25) is 0 Å². The zero-order valence-corrected chi connectivity index (χ0v) is 19.4. The van der Waals surface area contributed by atoms with Gasteiger partial charge < -0.3 is 13.3 Å². The van der Waals surface area contributed by atoms with Crippen molar-refractivity contribution in [2.75, 3.05) is 19.8 Å². The molecule has 0 spiro atoms. The highest BCUT2D eigenvalue weighted by molar-refractivity contribution is 6.36. The first-order valence-electron chi connectivity index (χ1n) is 12.2. The van der Waals surface area contributed by atoms with Crippen molar-refractivity contribution < 1.29 is 13.3 Å². The van der Waals surface area contributed by atoms with Gasteiger partial charge in [-0.25, -0.2) is 0 Å². The minimum Gasteiger partial charge on any atom is -0.376 e. The topological polar surface area (TPSA) is 27.7 Å². The molecule has 2 rings (SSSR count). The lowest BCUT2D eigenvalue weighted by Crippen LogP contribution is -2.31. The van der Waals surface area contributed by atoms with Crippen LogP contribution in [0.1, 0.15) is 110 Å². The maximum atomic E-state index is 6.22. The Morgan fingerprint density at radius 2 is 1.04 bits per heavy atom. The lowest BCUT2D eigenvalue weighted by Gasteiger charge is -2.33. The first-order valence-corrected chi connectivity index (χ1v) is 13.6. The molecule has 27 heavy (non-hydrogen) atoms. The van der Waals surface area contributed by atoms with Crippen LogP contribution in [0.4, 0.5) is 0 Å². The van der Waals surface area contributed by atoms with Crippen LogP contribution in [-0.2, 0) is 13.3 Å². The van der Waals surface area contributed by atoms with Crippen LogP contribution in [0.15, 0.2) is 0 Å². The second kappa shape index (κ2) is 15.0. The number of hydrogen-bond donors (Lipinski definition) is 0. The van der Waals surface area contributed by atoms with E-state index in [1.165, 1.54) is 83.5 Å². The van der Waals surface area contributed by atoms with Crippen LogP contribution >= 0.6 is 0 Å². The summed E-state index contributed by atoms with van der Waals surface area (Å²) >= 11 is 0. The van der Waals surface area contributed by atoms with Crippen LogP contribution in [-0.4, -0.2) is 29.3 Å². The van der Waals surface area contributed by atoms with Crippen molar-refractivity contribution in [3.63, 3.8) is 0 Å². The Kier molecular flexibility index (Phi) is 13.0. The average Bonchev–Trinajstić information content (AvgIpc) is 3.12. The summed E-state index contributed by atoms with van der Waals surface area (Å²) in [4.78, 5) is 0. The Hall–Kier alpha value is 0.0969. The molecule has 2 fully saturated rings. The summed E-state index contributed by atoms with van der Waals surface area (Å²) in [6, 6.07) is 0. The van der Waals surface area contributed by atoms with Crippen LogP contribution in [0.3, 0.4) is 0 Å². The molecule has 0 aromatic carbocycles. The molecule has 0 unspecified atom stereocenters. The van der Waals surface area contributed by atoms with Gasteiger partial charge in [-0.2, -0.15) is 0 Å². The fraction of sp³-hybridized carbons (Fsp3) is 1.00. The molecule has 0 radical (unpaired) electrons. The van der Waals surface area contributed by atoms with Crippen LogP contribution < -0.4 is 0 Å². The summed E-state index contributed by atoms with van der Waals surface area (Å²) < 4.78 is 18.0. The molecular formula is C23H46O3Si. The van der Waals surface area contributed by atoms with Gasteiger partial charge in [-0.3, -0.25) is 0 Å². The Morgan fingerprint density at radius 3 is 1.44 bits per heavy atom. The largest absolute Gasteiger partial charge is 0.484 e. The summed E-state index contributed by atoms with van der Waals surface area (Å²) in [5, 5.41) is 0. The van der Waals surface area contributed by atoms with E-state index in [9.17, 15) is 0 Å². The van der Waals surface area contributed by atoms with Gasteiger partial charge >= 0.3 is 9.53 Å². The van der Waals surface area contributed by atoms with E-state index in [4.69, 9.17) is 13.3 Å². The van der Waals surface area contributed by atoms with Gasteiger partial charge in [-0.1, -0.05) is 90.9 Å². The van der Waals surface area contributed by atoms with Crippen molar-refractivity contribution in [3.8, 4) is 0 Å². The van der Waals surface area contributed by atoms with Gasteiger partial charge in [0.25, 0.3) is 0 Å². The third-order valence-corrected chi connectivity index (χ3v) is 8.16. The van der Waals surface area contributed by atoms with E-state index in [1.807, 2.05) is 0 Å². The summed E-state index contributed by atoms with van der Waals surface area (Å²) in [5.41, 5.74) is 0. The van der Waals surface area contributed by atoms with Gasteiger partial charge in [0, 0.05) is 19.8 Å². The molecule has 2 aliphatic rings. The van der Waals surface area contributed by atoms with Crippen LogP contribution in [0.25, 0.3) is 0 Å². The highest BCUT2D eigenvalue weighted by Gasteiger charge is 2.30. The van der Waals surface area contributed by atoms with Gasteiger partial charge in [0.2, 0.25) is 0 Å². The van der Waals surface area contributed by atoms with Gasteiger partial charge in [-0.05, 0) is 37.0 Å². The molecule has 2 aliphatic carbocycles. The predicted molar refractivity (Wildman–Crippen MR) is 116 cm³/mol. The predicted octanol–water partition coefficient (Wildman–Crippen LogP) is 6.52. The Bertz CT molecular complexity index is 309. The van der Waals surface area contributed by atoms with Gasteiger partial charge in [0.1, 0.15) is 0 Å². The number of hydrogen-bond acceptors (Lipinski definition) is 3. The molecule has 0 aromatic rings. The van der Waals surface area contributed by atoms with E-state index in [1.54, 1.807) is 0 Å². The molecule has 0 aromatic heterocycles. The molecule has 0 atom stereocenters. The van der Waals surface area contributed by atoms with Crippen LogP contribution in [0, 0.1) is 17.8 Å². The molecule has 160 valence electrons. The monoisotopic (exact) mass is 398 g/mol. The first kappa shape index (κ1) is 23.4. The van der Waals surface area contributed by atoms with Crippen molar-refractivity contribution in [2.45, 2.75) is 110 Å². The zero-order valence-electron chi connectivity index (χ0n) is 18.3. The Labute approximate surface area is 170 Å². The van der Waals surface area contributed by atoms with Crippen molar-refractivity contribution >= 4 is 9.53 Å². The molecule has 4 heteroatoms. The van der Waals surface area contributed by atoms with Crippen molar-refractivity contribution in [1.29, 1.82) is 0 Å². The summed E-state index contributed by atoms with van der Waals surface area (Å²) in [6.07, 6.45) is 20.7. The van der Waals surface area contributed by atoms with E-state index in [0.717, 1.165) is 50.4 Å². The van der Waals surface area contributed by atoms with Gasteiger partial charge in [0.15, 0.2) is 0 Å². The van der Waals surface area contributed by atoms with Crippen molar-refractivity contribution in [2.24, 2.45) is 17.8 Å². The smallest absolute Gasteiger partial charge is 0.376 e. The fourth-order valence-electron chi connectivity index (χ4n) is 5.21.